The molecule has 0 radical (unpaired) electrons. The van der Waals surface area contributed by atoms with Crippen LogP contribution in [0.1, 0.15) is 24.2 Å². The first-order valence-corrected chi connectivity index (χ1v) is 13.7. The molecule has 2 aromatic carbocycles. The van der Waals surface area contributed by atoms with E-state index in [4.69, 9.17) is 27.9 Å². The van der Waals surface area contributed by atoms with Crippen molar-refractivity contribution < 1.29 is 13.9 Å². The number of carbonyl (C=O) groups excluding carboxylic acids is 1. The van der Waals surface area contributed by atoms with E-state index in [0.717, 1.165) is 0 Å². The van der Waals surface area contributed by atoms with Crippen molar-refractivity contribution in [3.05, 3.63) is 64.2 Å². The van der Waals surface area contributed by atoms with E-state index in [2.05, 4.69) is 46.0 Å². The predicted octanol–water partition coefficient (Wildman–Crippen LogP) is 5.21. The molecule has 2 atom stereocenters. The molecular weight excluding hydrogens is 542 g/mol. The van der Waals surface area contributed by atoms with Gasteiger partial charge in [0, 0.05) is 61.8 Å². The Hall–Kier alpha value is -2.98. The molecule has 2 aliphatic rings. The quantitative estimate of drug-likeness (QED) is 0.450. The SMILES string of the molecule is CC1CN(c2cc(F)c(-c3cnc(N4CCOCC4)nc3)cc2NC(=O)c2cccc(Cl)c2Cl)CC(C)N1C. The number of halogens is 3. The highest BCUT2D eigenvalue weighted by Crippen LogP contribution is 2.37. The largest absolute Gasteiger partial charge is 0.378 e. The van der Waals surface area contributed by atoms with Crippen molar-refractivity contribution in [3.63, 3.8) is 0 Å². The Balaban J connectivity index is 1.52. The van der Waals surface area contributed by atoms with Gasteiger partial charge in [-0.25, -0.2) is 14.4 Å². The summed E-state index contributed by atoms with van der Waals surface area (Å²) in [6, 6.07) is 8.48. The molecule has 1 N–H and O–H groups in total. The van der Waals surface area contributed by atoms with Crippen LogP contribution < -0.4 is 15.1 Å². The van der Waals surface area contributed by atoms with E-state index in [1.807, 2.05) is 4.90 Å². The number of aromatic nitrogens is 2. The summed E-state index contributed by atoms with van der Waals surface area (Å²) in [6.07, 6.45) is 3.21. The number of piperazine rings is 1. The molecule has 3 heterocycles. The Morgan fingerprint density at radius 3 is 2.38 bits per heavy atom. The molecule has 2 saturated heterocycles. The summed E-state index contributed by atoms with van der Waals surface area (Å²) in [7, 11) is 2.08. The second-order valence-electron chi connectivity index (χ2n) is 10.0. The van der Waals surface area contributed by atoms with Crippen LogP contribution in [0.15, 0.2) is 42.7 Å². The van der Waals surface area contributed by atoms with Gasteiger partial charge in [0.25, 0.3) is 5.91 Å². The van der Waals surface area contributed by atoms with Gasteiger partial charge in [-0.15, -0.1) is 0 Å². The van der Waals surface area contributed by atoms with E-state index in [1.165, 1.54) is 6.07 Å². The summed E-state index contributed by atoms with van der Waals surface area (Å²) in [5.74, 6) is -0.287. The fourth-order valence-electron chi connectivity index (χ4n) is 5.00. The van der Waals surface area contributed by atoms with Crippen LogP contribution >= 0.6 is 23.2 Å². The van der Waals surface area contributed by atoms with E-state index in [9.17, 15) is 4.79 Å². The van der Waals surface area contributed by atoms with Crippen LogP contribution in [0.5, 0.6) is 0 Å². The summed E-state index contributed by atoms with van der Waals surface area (Å²) in [5.41, 5.74) is 2.09. The molecule has 3 aromatic rings. The van der Waals surface area contributed by atoms with Gasteiger partial charge < -0.3 is 19.9 Å². The van der Waals surface area contributed by atoms with Crippen molar-refractivity contribution in [3.8, 4) is 11.1 Å². The number of hydrogen-bond donors (Lipinski definition) is 1. The number of carbonyl (C=O) groups is 1. The lowest BCUT2D eigenvalue weighted by molar-refractivity contribution is 0.102. The minimum Gasteiger partial charge on any atom is -0.378 e. The first kappa shape index (κ1) is 27.6. The molecule has 2 unspecified atom stereocenters. The number of nitrogens with one attached hydrogen (secondary N) is 1. The molecule has 0 aliphatic carbocycles. The van der Waals surface area contributed by atoms with Gasteiger partial charge in [0.2, 0.25) is 5.95 Å². The first-order chi connectivity index (χ1) is 18.7. The summed E-state index contributed by atoms with van der Waals surface area (Å²) in [5, 5.41) is 3.41. The van der Waals surface area contributed by atoms with Gasteiger partial charge in [-0.1, -0.05) is 29.3 Å². The van der Waals surface area contributed by atoms with Gasteiger partial charge in [0.1, 0.15) is 5.82 Å². The maximum absolute atomic E-state index is 15.7. The zero-order valence-corrected chi connectivity index (χ0v) is 23.6. The third-order valence-electron chi connectivity index (χ3n) is 7.47. The zero-order valence-electron chi connectivity index (χ0n) is 22.1. The Bertz CT molecular complexity index is 1340. The molecule has 1 aromatic heterocycles. The normalized spacial score (nSPS) is 20.3. The number of benzene rings is 2. The predicted molar refractivity (Wildman–Crippen MR) is 154 cm³/mol. The maximum Gasteiger partial charge on any atom is 0.257 e. The molecule has 11 heteroatoms. The van der Waals surface area contributed by atoms with Crippen LogP contribution in [-0.2, 0) is 4.74 Å². The highest BCUT2D eigenvalue weighted by Gasteiger charge is 2.29. The summed E-state index contributed by atoms with van der Waals surface area (Å²) < 4.78 is 21.1. The van der Waals surface area contributed by atoms with Crippen LogP contribution in [-0.4, -0.2) is 79.3 Å². The van der Waals surface area contributed by atoms with Crippen molar-refractivity contribution in [2.45, 2.75) is 25.9 Å². The molecular formula is C28H31Cl2FN6O2. The Labute approximate surface area is 237 Å². The van der Waals surface area contributed by atoms with Gasteiger partial charge in [-0.05, 0) is 45.2 Å². The van der Waals surface area contributed by atoms with Gasteiger partial charge in [0.05, 0.1) is 40.2 Å². The fraction of sp³-hybridized carbons (Fsp3) is 0.393. The lowest BCUT2D eigenvalue weighted by Gasteiger charge is -2.44. The molecule has 5 rings (SSSR count). The number of likely N-dealkylation sites (N-methyl/N-ethyl adjacent to an activating group) is 1. The molecule has 0 spiro atoms. The zero-order chi connectivity index (χ0) is 27.7. The molecule has 8 nitrogen and oxygen atoms in total. The Morgan fingerprint density at radius 2 is 1.72 bits per heavy atom. The van der Waals surface area contributed by atoms with E-state index >= 15 is 4.39 Å². The highest BCUT2D eigenvalue weighted by atomic mass is 35.5. The Kier molecular flexibility index (Phi) is 8.23. The first-order valence-electron chi connectivity index (χ1n) is 12.9. The number of ether oxygens (including phenoxy) is 1. The minimum absolute atomic E-state index is 0.162. The van der Waals surface area contributed by atoms with Crippen LogP contribution in [0.4, 0.5) is 21.7 Å². The lowest BCUT2D eigenvalue weighted by Crippen LogP contribution is -2.55. The van der Waals surface area contributed by atoms with Crippen molar-refractivity contribution >= 4 is 46.4 Å². The van der Waals surface area contributed by atoms with E-state index in [1.54, 1.807) is 36.7 Å². The number of morpholine rings is 1. The fourth-order valence-corrected chi connectivity index (χ4v) is 5.39. The number of hydrogen-bond acceptors (Lipinski definition) is 7. The average Bonchev–Trinajstić information content (AvgIpc) is 2.94. The smallest absolute Gasteiger partial charge is 0.257 e. The van der Waals surface area contributed by atoms with Crippen molar-refractivity contribution in [2.24, 2.45) is 0 Å². The average molecular weight is 574 g/mol. The molecule has 1 amide bonds. The third kappa shape index (κ3) is 5.82. The van der Waals surface area contributed by atoms with Crippen molar-refractivity contribution in [2.75, 3.05) is 61.6 Å². The Morgan fingerprint density at radius 1 is 1.05 bits per heavy atom. The van der Waals surface area contributed by atoms with Gasteiger partial charge in [0.15, 0.2) is 0 Å². The minimum atomic E-state index is -0.435. The molecule has 0 saturated carbocycles. The van der Waals surface area contributed by atoms with E-state index in [0.29, 0.717) is 62.3 Å². The number of anilines is 3. The second kappa shape index (κ2) is 11.6. The lowest BCUT2D eigenvalue weighted by atomic mass is 10.0. The van der Waals surface area contributed by atoms with Crippen LogP contribution in [0, 0.1) is 5.82 Å². The highest BCUT2D eigenvalue weighted by molar-refractivity contribution is 6.44. The van der Waals surface area contributed by atoms with E-state index in [-0.39, 0.29) is 33.3 Å². The number of amides is 1. The van der Waals surface area contributed by atoms with Gasteiger partial charge in [-0.2, -0.15) is 0 Å². The van der Waals surface area contributed by atoms with Crippen molar-refractivity contribution in [1.82, 2.24) is 14.9 Å². The van der Waals surface area contributed by atoms with Crippen LogP contribution in [0.2, 0.25) is 10.0 Å². The summed E-state index contributed by atoms with van der Waals surface area (Å²) in [4.78, 5) is 28.7. The molecule has 2 fully saturated rings. The summed E-state index contributed by atoms with van der Waals surface area (Å²) >= 11 is 12.5. The second-order valence-corrected chi connectivity index (χ2v) is 10.8. The molecule has 39 heavy (non-hydrogen) atoms. The van der Waals surface area contributed by atoms with Gasteiger partial charge >= 0.3 is 0 Å². The summed E-state index contributed by atoms with van der Waals surface area (Å²) in [6.45, 7) is 8.25. The molecule has 206 valence electrons. The topological polar surface area (TPSA) is 73.8 Å². The maximum atomic E-state index is 15.7. The van der Waals surface area contributed by atoms with E-state index < -0.39 is 11.7 Å². The molecule has 0 bridgehead atoms. The van der Waals surface area contributed by atoms with Crippen molar-refractivity contribution in [1.29, 1.82) is 0 Å². The van der Waals surface area contributed by atoms with Crippen LogP contribution in [0.25, 0.3) is 11.1 Å². The number of rotatable bonds is 5. The van der Waals surface area contributed by atoms with Gasteiger partial charge in [-0.3, -0.25) is 9.69 Å². The molecule has 2 aliphatic heterocycles. The monoisotopic (exact) mass is 572 g/mol. The third-order valence-corrected chi connectivity index (χ3v) is 8.29. The number of nitrogens with zero attached hydrogens (tertiary/aromatic N) is 5. The van der Waals surface area contributed by atoms with Crippen LogP contribution in [0.3, 0.4) is 0 Å². The standard InChI is InChI=1S/C28H31Cl2FN6O2/c1-17-15-37(16-18(2)35(17)3)25-12-23(31)21(19-13-32-28(33-14-19)36-7-9-39-10-8-36)11-24(25)34-27(38)20-5-4-6-22(29)26(20)30/h4-6,11-14,17-18H,7-10,15-16H2,1-3H3,(H,34,38).